The molecule has 0 saturated carbocycles. The van der Waals surface area contributed by atoms with Crippen LogP contribution in [-0.2, 0) is 19.1 Å². The molecular formula is C13H21NO5. The molecule has 108 valence electrons. The van der Waals surface area contributed by atoms with Gasteiger partial charge in [0.1, 0.15) is 12.1 Å². The lowest BCUT2D eigenvalue weighted by Gasteiger charge is -2.36. The summed E-state index contributed by atoms with van der Waals surface area (Å²) in [5.74, 6) is -1.09. The van der Waals surface area contributed by atoms with Crippen molar-refractivity contribution in [1.29, 1.82) is 0 Å². The molecule has 2 aliphatic heterocycles. The van der Waals surface area contributed by atoms with Crippen molar-refractivity contribution in [2.24, 2.45) is 5.92 Å². The van der Waals surface area contributed by atoms with Gasteiger partial charge >= 0.3 is 5.97 Å². The van der Waals surface area contributed by atoms with Crippen LogP contribution in [0, 0.1) is 5.92 Å². The van der Waals surface area contributed by atoms with Gasteiger partial charge in [0.25, 0.3) is 5.91 Å². The van der Waals surface area contributed by atoms with Gasteiger partial charge in [0, 0.05) is 26.2 Å². The number of carboxylic acid groups (broad SMARTS) is 1. The average molecular weight is 271 g/mol. The van der Waals surface area contributed by atoms with E-state index in [0.29, 0.717) is 26.2 Å². The molecule has 2 heterocycles. The highest BCUT2D eigenvalue weighted by Gasteiger charge is 2.39. The number of methoxy groups -OCH3 is 1. The summed E-state index contributed by atoms with van der Waals surface area (Å²) >= 11 is 0. The van der Waals surface area contributed by atoms with Crippen LogP contribution in [0.3, 0.4) is 0 Å². The van der Waals surface area contributed by atoms with Crippen LogP contribution in [-0.4, -0.2) is 60.9 Å². The van der Waals surface area contributed by atoms with Gasteiger partial charge in [-0.05, 0) is 25.7 Å². The fourth-order valence-electron chi connectivity index (χ4n) is 2.90. The smallest absolute Gasteiger partial charge is 0.326 e. The van der Waals surface area contributed by atoms with Gasteiger partial charge in [-0.25, -0.2) is 4.79 Å². The Morgan fingerprint density at radius 2 is 2.16 bits per heavy atom. The van der Waals surface area contributed by atoms with E-state index in [1.807, 2.05) is 0 Å². The average Bonchev–Trinajstić information content (AvgIpc) is 2.93. The minimum absolute atomic E-state index is 0.0360. The van der Waals surface area contributed by atoms with Crippen LogP contribution in [0.4, 0.5) is 0 Å². The molecule has 0 radical (unpaired) electrons. The maximum atomic E-state index is 12.5. The van der Waals surface area contributed by atoms with E-state index in [1.165, 1.54) is 12.0 Å². The van der Waals surface area contributed by atoms with E-state index in [2.05, 4.69) is 0 Å². The van der Waals surface area contributed by atoms with Crippen LogP contribution in [0.1, 0.15) is 25.7 Å². The number of ether oxygens (including phenoxy) is 2. The zero-order valence-corrected chi connectivity index (χ0v) is 11.2. The van der Waals surface area contributed by atoms with Gasteiger partial charge in [-0.1, -0.05) is 0 Å². The second kappa shape index (κ2) is 6.34. The highest BCUT2D eigenvalue weighted by atomic mass is 16.5. The van der Waals surface area contributed by atoms with Crippen LogP contribution in [0.25, 0.3) is 0 Å². The lowest BCUT2D eigenvalue weighted by molar-refractivity contribution is -0.159. The Morgan fingerprint density at radius 1 is 1.37 bits per heavy atom. The number of nitrogens with zero attached hydrogens (tertiary/aromatic N) is 1. The number of hydrogen-bond acceptors (Lipinski definition) is 4. The zero-order chi connectivity index (χ0) is 13.8. The van der Waals surface area contributed by atoms with Crippen LogP contribution < -0.4 is 0 Å². The molecule has 3 atom stereocenters. The summed E-state index contributed by atoms with van der Waals surface area (Å²) < 4.78 is 10.6. The van der Waals surface area contributed by atoms with E-state index >= 15 is 0 Å². The fraction of sp³-hybridized carbons (Fsp3) is 0.846. The van der Waals surface area contributed by atoms with E-state index in [0.717, 1.165) is 19.3 Å². The third kappa shape index (κ3) is 3.06. The third-order valence-corrected chi connectivity index (χ3v) is 3.96. The number of amides is 1. The number of aliphatic carboxylic acids is 1. The fourth-order valence-corrected chi connectivity index (χ4v) is 2.90. The Morgan fingerprint density at radius 3 is 2.74 bits per heavy atom. The topological polar surface area (TPSA) is 76.1 Å². The van der Waals surface area contributed by atoms with Crippen LogP contribution in [0.2, 0.25) is 0 Å². The SMILES string of the molecule is COC(C(=O)N1CCCCC1C(=O)O)C1CCOC1. The van der Waals surface area contributed by atoms with Crippen molar-refractivity contribution < 1.29 is 24.2 Å². The van der Waals surface area contributed by atoms with Gasteiger partial charge in [-0.15, -0.1) is 0 Å². The Hall–Kier alpha value is -1.14. The second-order valence-electron chi connectivity index (χ2n) is 5.16. The van der Waals surface area contributed by atoms with Gasteiger partial charge in [0.15, 0.2) is 0 Å². The Kier molecular flexibility index (Phi) is 4.76. The normalized spacial score (nSPS) is 29.2. The number of hydrogen-bond donors (Lipinski definition) is 1. The highest BCUT2D eigenvalue weighted by Crippen LogP contribution is 2.24. The summed E-state index contributed by atoms with van der Waals surface area (Å²) in [6, 6.07) is -0.707. The molecule has 2 aliphatic rings. The molecule has 6 heteroatoms. The number of rotatable bonds is 4. The molecule has 2 rings (SSSR count). The first kappa shape index (κ1) is 14.3. The second-order valence-corrected chi connectivity index (χ2v) is 5.16. The van der Waals surface area contributed by atoms with Crippen LogP contribution >= 0.6 is 0 Å². The standard InChI is InChI=1S/C13H21NO5/c1-18-11(9-5-7-19-8-9)12(15)14-6-3-2-4-10(14)13(16)17/h9-11H,2-8H2,1H3,(H,16,17). The van der Waals surface area contributed by atoms with Crippen molar-refractivity contribution in [3.05, 3.63) is 0 Å². The van der Waals surface area contributed by atoms with E-state index < -0.39 is 18.1 Å². The molecule has 1 N–H and O–H groups in total. The quantitative estimate of drug-likeness (QED) is 0.806. The minimum Gasteiger partial charge on any atom is -0.480 e. The largest absolute Gasteiger partial charge is 0.480 e. The number of carbonyl (C=O) groups excluding carboxylic acids is 1. The summed E-state index contributed by atoms with van der Waals surface area (Å²) in [7, 11) is 1.50. The molecule has 0 aromatic heterocycles. The lowest BCUT2D eigenvalue weighted by atomic mass is 9.96. The van der Waals surface area contributed by atoms with Gasteiger partial charge in [0.2, 0.25) is 0 Å². The highest BCUT2D eigenvalue weighted by molar-refractivity contribution is 5.86. The van der Waals surface area contributed by atoms with Gasteiger partial charge in [-0.2, -0.15) is 0 Å². The summed E-state index contributed by atoms with van der Waals surface area (Å²) in [5.41, 5.74) is 0. The molecule has 0 bridgehead atoms. The Balaban J connectivity index is 2.08. The van der Waals surface area contributed by atoms with Crippen LogP contribution in [0.5, 0.6) is 0 Å². The summed E-state index contributed by atoms with van der Waals surface area (Å²) in [6.45, 7) is 1.65. The maximum Gasteiger partial charge on any atom is 0.326 e. The zero-order valence-electron chi connectivity index (χ0n) is 11.2. The molecule has 2 fully saturated rings. The predicted molar refractivity (Wildman–Crippen MR) is 66.7 cm³/mol. The molecule has 19 heavy (non-hydrogen) atoms. The van der Waals surface area contributed by atoms with Crippen molar-refractivity contribution in [3.63, 3.8) is 0 Å². The minimum atomic E-state index is -0.925. The first-order chi connectivity index (χ1) is 9.15. The van der Waals surface area contributed by atoms with Crippen molar-refractivity contribution >= 4 is 11.9 Å². The molecule has 6 nitrogen and oxygen atoms in total. The van der Waals surface area contributed by atoms with Crippen LogP contribution in [0.15, 0.2) is 0 Å². The number of piperidine rings is 1. The first-order valence-electron chi connectivity index (χ1n) is 6.79. The molecular weight excluding hydrogens is 250 g/mol. The molecule has 2 saturated heterocycles. The molecule has 0 spiro atoms. The third-order valence-electron chi connectivity index (χ3n) is 3.96. The predicted octanol–water partition coefficient (Wildman–Crippen LogP) is 0.504. The van der Waals surface area contributed by atoms with E-state index in [9.17, 15) is 14.7 Å². The maximum absolute atomic E-state index is 12.5. The number of carbonyl (C=O) groups is 2. The number of carboxylic acids is 1. The van der Waals surface area contributed by atoms with Gasteiger partial charge in [-0.3, -0.25) is 4.79 Å². The summed E-state index contributed by atoms with van der Waals surface area (Å²) in [6.07, 6.45) is 2.44. The Bertz CT molecular complexity index is 340. The van der Waals surface area contributed by atoms with Gasteiger partial charge in [0.05, 0.1) is 6.61 Å². The molecule has 0 aromatic carbocycles. The Labute approximate surface area is 112 Å². The summed E-state index contributed by atoms with van der Waals surface area (Å²) in [4.78, 5) is 25.2. The lowest BCUT2D eigenvalue weighted by Crippen LogP contribution is -2.53. The van der Waals surface area contributed by atoms with Crippen molar-refractivity contribution in [2.45, 2.75) is 37.8 Å². The van der Waals surface area contributed by atoms with E-state index in [4.69, 9.17) is 9.47 Å². The van der Waals surface area contributed by atoms with Crippen molar-refractivity contribution in [2.75, 3.05) is 26.9 Å². The van der Waals surface area contributed by atoms with Gasteiger partial charge < -0.3 is 19.5 Å². The van der Waals surface area contributed by atoms with Crippen molar-refractivity contribution in [3.8, 4) is 0 Å². The molecule has 3 unspecified atom stereocenters. The number of likely N-dealkylation sites (tertiary alicyclic amines) is 1. The van der Waals surface area contributed by atoms with E-state index in [-0.39, 0.29) is 11.8 Å². The summed E-state index contributed by atoms with van der Waals surface area (Å²) in [5, 5.41) is 9.22. The van der Waals surface area contributed by atoms with E-state index in [1.54, 1.807) is 0 Å². The molecule has 0 aliphatic carbocycles. The first-order valence-corrected chi connectivity index (χ1v) is 6.79. The van der Waals surface area contributed by atoms with Crippen molar-refractivity contribution in [1.82, 2.24) is 4.90 Å². The molecule has 0 aromatic rings. The molecule has 1 amide bonds. The monoisotopic (exact) mass is 271 g/mol.